The predicted molar refractivity (Wildman–Crippen MR) is 46.3 cm³/mol. The minimum Gasteiger partial charge on any atom is -0.328 e. The summed E-state index contributed by atoms with van der Waals surface area (Å²) in [7, 11) is 0. The van der Waals surface area contributed by atoms with Gasteiger partial charge in [-0.2, -0.15) is 0 Å². The third kappa shape index (κ3) is 1.18. The van der Waals surface area contributed by atoms with E-state index in [4.69, 9.17) is 5.73 Å². The number of nitrogens with two attached hydrogens (primary N) is 1. The zero-order valence-electron chi connectivity index (χ0n) is 7.27. The molecular formula is C9H18N2. The van der Waals surface area contributed by atoms with Gasteiger partial charge in [0.1, 0.15) is 0 Å². The topological polar surface area (TPSA) is 38.0 Å². The van der Waals surface area contributed by atoms with E-state index in [1.165, 1.54) is 25.7 Å². The zero-order chi connectivity index (χ0) is 7.90. The molecule has 0 amide bonds. The summed E-state index contributed by atoms with van der Waals surface area (Å²) in [6.45, 7) is 3.30. The lowest BCUT2D eigenvalue weighted by Crippen LogP contribution is -2.58. The quantitative estimate of drug-likeness (QED) is 0.619. The van der Waals surface area contributed by atoms with E-state index in [-0.39, 0.29) is 0 Å². The molecule has 11 heavy (non-hydrogen) atoms. The van der Waals surface area contributed by atoms with Gasteiger partial charge in [0.25, 0.3) is 0 Å². The highest BCUT2D eigenvalue weighted by Crippen LogP contribution is 2.55. The van der Waals surface area contributed by atoms with E-state index < -0.39 is 0 Å². The largest absolute Gasteiger partial charge is 0.328 e. The Kier molecular flexibility index (Phi) is 1.69. The Hall–Kier alpha value is -0.0800. The lowest BCUT2D eigenvalue weighted by atomic mass is 9.52. The van der Waals surface area contributed by atoms with Crippen molar-refractivity contribution in [1.29, 1.82) is 0 Å². The highest BCUT2D eigenvalue weighted by molar-refractivity contribution is 5.06. The molecular weight excluding hydrogens is 136 g/mol. The molecule has 2 heteroatoms. The molecule has 0 radical (unpaired) electrons. The Bertz CT molecular complexity index is 142. The molecule has 2 aliphatic carbocycles. The van der Waals surface area contributed by atoms with Gasteiger partial charge in [-0.3, -0.25) is 0 Å². The molecule has 0 unspecified atom stereocenters. The van der Waals surface area contributed by atoms with Crippen LogP contribution in [0.25, 0.3) is 0 Å². The van der Waals surface area contributed by atoms with Gasteiger partial charge >= 0.3 is 0 Å². The van der Waals surface area contributed by atoms with E-state index in [1.807, 2.05) is 0 Å². The van der Waals surface area contributed by atoms with Crippen molar-refractivity contribution in [2.75, 3.05) is 6.54 Å². The fraction of sp³-hybridized carbons (Fsp3) is 1.00. The number of rotatable bonds is 2. The van der Waals surface area contributed by atoms with Crippen LogP contribution in [-0.2, 0) is 0 Å². The summed E-state index contributed by atoms with van der Waals surface area (Å²) >= 11 is 0. The first-order chi connectivity index (χ1) is 5.24. The molecule has 0 aromatic carbocycles. The Morgan fingerprint density at radius 2 is 2.00 bits per heavy atom. The first-order valence-electron chi connectivity index (χ1n) is 4.73. The smallest absolute Gasteiger partial charge is 0.00775 e. The number of hydrogen-bond acceptors (Lipinski definition) is 2. The molecule has 2 rings (SSSR count). The Morgan fingerprint density at radius 3 is 2.45 bits per heavy atom. The third-order valence-electron chi connectivity index (χ3n) is 3.24. The molecule has 3 N–H and O–H groups in total. The summed E-state index contributed by atoms with van der Waals surface area (Å²) in [6.07, 6.45) is 5.34. The van der Waals surface area contributed by atoms with Crippen molar-refractivity contribution < 1.29 is 0 Å². The van der Waals surface area contributed by atoms with Crippen LogP contribution in [0.4, 0.5) is 0 Å². The fourth-order valence-corrected chi connectivity index (χ4v) is 2.80. The van der Waals surface area contributed by atoms with Crippen LogP contribution in [0.15, 0.2) is 0 Å². The molecule has 2 fully saturated rings. The SMILES string of the molecule is CCNC1CC2(CC(N)C2)C1. The summed E-state index contributed by atoms with van der Waals surface area (Å²) in [5.74, 6) is 0. The molecule has 1 spiro atoms. The molecule has 2 saturated carbocycles. The average Bonchev–Trinajstić information content (AvgIpc) is 1.80. The summed E-state index contributed by atoms with van der Waals surface area (Å²) in [5.41, 5.74) is 6.46. The fourth-order valence-electron chi connectivity index (χ4n) is 2.80. The van der Waals surface area contributed by atoms with E-state index in [0.29, 0.717) is 11.5 Å². The van der Waals surface area contributed by atoms with Gasteiger partial charge in [0.15, 0.2) is 0 Å². The van der Waals surface area contributed by atoms with Crippen LogP contribution < -0.4 is 11.1 Å². The van der Waals surface area contributed by atoms with Crippen molar-refractivity contribution in [3.63, 3.8) is 0 Å². The molecule has 2 nitrogen and oxygen atoms in total. The van der Waals surface area contributed by atoms with Gasteiger partial charge in [-0.25, -0.2) is 0 Å². The minimum absolute atomic E-state index is 0.526. The van der Waals surface area contributed by atoms with Crippen molar-refractivity contribution in [2.24, 2.45) is 11.1 Å². The highest BCUT2D eigenvalue weighted by atomic mass is 14.9. The summed E-state index contributed by atoms with van der Waals surface area (Å²) in [4.78, 5) is 0. The van der Waals surface area contributed by atoms with Gasteiger partial charge in [-0.05, 0) is 37.6 Å². The molecule has 0 aromatic heterocycles. The minimum atomic E-state index is 0.526. The van der Waals surface area contributed by atoms with Crippen LogP contribution in [0, 0.1) is 5.41 Å². The van der Waals surface area contributed by atoms with E-state index in [1.54, 1.807) is 0 Å². The number of nitrogens with one attached hydrogen (secondary N) is 1. The summed E-state index contributed by atoms with van der Waals surface area (Å²) in [5, 5.41) is 3.48. The van der Waals surface area contributed by atoms with Crippen LogP contribution in [0.1, 0.15) is 32.6 Å². The molecule has 0 aliphatic heterocycles. The Balaban J connectivity index is 1.72. The van der Waals surface area contributed by atoms with Crippen molar-refractivity contribution >= 4 is 0 Å². The lowest BCUT2D eigenvalue weighted by molar-refractivity contribution is -0.0172. The van der Waals surface area contributed by atoms with E-state index in [9.17, 15) is 0 Å². The van der Waals surface area contributed by atoms with Crippen LogP contribution in [0.3, 0.4) is 0 Å². The molecule has 2 aliphatic rings. The van der Waals surface area contributed by atoms with Crippen molar-refractivity contribution in [1.82, 2.24) is 5.32 Å². The third-order valence-corrected chi connectivity index (χ3v) is 3.24. The van der Waals surface area contributed by atoms with Crippen molar-refractivity contribution in [3.05, 3.63) is 0 Å². The Labute approximate surface area is 68.5 Å². The summed E-state index contributed by atoms with van der Waals surface area (Å²) in [6, 6.07) is 1.34. The second-order valence-corrected chi connectivity index (χ2v) is 4.33. The highest BCUT2D eigenvalue weighted by Gasteiger charge is 2.51. The number of hydrogen-bond donors (Lipinski definition) is 2. The second kappa shape index (κ2) is 2.46. The molecule has 0 bridgehead atoms. The predicted octanol–water partition coefficient (Wildman–Crippen LogP) is 0.866. The maximum Gasteiger partial charge on any atom is 0.00775 e. The molecule has 0 saturated heterocycles. The monoisotopic (exact) mass is 154 g/mol. The summed E-state index contributed by atoms with van der Waals surface area (Å²) < 4.78 is 0. The molecule has 0 atom stereocenters. The van der Waals surface area contributed by atoms with Gasteiger partial charge in [0.2, 0.25) is 0 Å². The second-order valence-electron chi connectivity index (χ2n) is 4.33. The van der Waals surface area contributed by atoms with Gasteiger partial charge in [0.05, 0.1) is 0 Å². The first kappa shape index (κ1) is 7.56. The van der Waals surface area contributed by atoms with E-state index >= 15 is 0 Å². The molecule has 0 heterocycles. The van der Waals surface area contributed by atoms with Crippen LogP contribution in [-0.4, -0.2) is 18.6 Å². The molecule has 0 aromatic rings. The average molecular weight is 154 g/mol. The normalized spacial score (nSPS) is 48.5. The standard InChI is InChI=1S/C9H18N2/c1-2-11-8-5-9(6-8)3-7(10)4-9/h7-8,11H,2-6,10H2,1H3. The lowest BCUT2D eigenvalue weighted by Gasteiger charge is -2.57. The van der Waals surface area contributed by atoms with Gasteiger partial charge in [-0.1, -0.05) is 6.92 Å². The Morgan fingerprint density at radius 1 is 1.36 bits per heavy atom. The maximum atomic E-state index is 5.76. The van der Waals surface area contributed by atoms with E-state index in [2.05, 4.69) is 12.2 Å². The maximum absolute atomic E-state index is 5.76. The molecule has 64 valence electrons. The van der Waals surface area contributed by atoms with Gasteiger partial charge in [0, 0.05) is 12.1 Å². The van der Waals surface area contributed by atoms with Crippen molar-refractivity contribution in [3.8, 4) is 0 Å². The van der Waals surface area contributed by atoms with E-state index in [0.717, 1.165) is 12.6 Å². The van der Waals surface area contributed by atoms with Crippen LogP contribution in [0.5, 0.6) is 0 Å². The van der Waals surface area contributed by atoms with Gasteiger partial charge in [-0.15, -0.1) is 0 Å². The van der Waals surface area contributed by atoms with Crippen molar-refractivity contribution in [2.45, 2.75) is 44.7 Å². The van der Waals surface area contributed by atoms with Crippen LogP contribution >= 0.6 is 0 Å². The zero-order valence-corrected chi connectivity index (χ0v) is 7.27. The van der Waals surface area contributed by atoms with Crippen LogP contribution in [0.2, 0.25) is 0 Å². The first-order valence-corrected chi connectivity index (χ1v) is 4.73. The van der Waals surface area contributed by atoms with Gasteiger partial charge < -0.3 is 11.1 Å².